The molecule has 0 aliphatic carbocycles. The van der Waals surface area contributed by atoms with Crippen LogP contribution in [0.15, 0.2) is 94.3 Å². The maximum atomic E-state index is 13.0. The highest BCUT2D eigenvalue weighted by molar-refractivity contribution is 9.10. The van der Waals surface area contributed by atoms with E-state index in [0.717, 1.165) is 43.7 Å². The molecule has 7 heteroatoms. The van der Waals surface area contributed by atoms with Crippen LogP contribution in [0.4, 0.5) is 4.79 Å². The number of carbonyl (C=O) groups is 2. The third-order valence-corrected chi connectivity index (χ3v) is 7.37. The molecule has 0 saturated carbocycles. The molecule has 0 spiro atoms. The van der Waals surface area contributed by atoms with Gasteiger partial charge in [0.2, 0.25) is 0 Å². The quantitative estimate of drug-likeness (QED) is 0.203. The van der Waals surface area contributed by atoms with Crippen LogP contribution < -0.4 is 9.47 Å². The van der Waals surface area contributed by atoms with Crippen molar-refractivity contribution in [1.82, 2.24) is 4.90 Å². The Balaban J connectivity index is 1.30. The number of rotatable bonds is 8. The molecule has 0 bridgehead atoms. The summed E-state index contributed by atoms with van der Waals surface area (Å²) in [6.07, 6.45) is 1.72. The molecular weight excluding hydrogens is 550 g/mol. The van der Waals surface area contributed by atoms with Crippen molar-refractivity contribution in [3.8, 4) is 11.5 Å². The summed E-state index contributed by atoms with van der Waals surface area (Å²) in [7, 11) is 0. The average Bonchev–Trinajstić information content (AvgIpc) is 3.15. The predicted molar refractivity (Wildman–Crippen MR) is 152 cm³/mol. The van der Waals surface area contributed by atoms with Crippen LogP contribution in [0.1, 0.15) is 16.7 Å². The minimum absolute atomic E-state index is 0.179. The fourth-order valence-corrected chi connectivity index (χ4v) is 5.37. The third kappa shape index (κ3) is 5.89. The molecule has 5 rings (SSSR count). The van der Waals surface area contributed by atoms with Crippen LogP contribution in [0.3, 0.4) is 0 Å². The van der Waals surface area contributed by atoms with Gasteiger partial charge in [-0.25, -0.2) is 0 Å². The van der Waals surface area contributed by atoms with Crippen LogP contribution >= 0.6 is 27.7 Å². The normalized spacial score (nSPS) is 14.5. The number of carbonyl (C=O) groups excluding carboxylic acids is 2. The lowest BCUT2D eigenvalue weighted by atomic mass is 10.1. The summed E-state index contributed by atoms with van der Waals surface area (Å²) in [4.78, 5) is 27.2. The van der Waals surface area contributed by atoms with Crippen LogP contribution in [0.2, 0.25) is 0 Å². The van der Waals surface area contributed by atoms with Gasteiger partial charge in [-0.2, -0.15) is 0 Å². The molecule has 0 aromatic heterocycles. The molecule has 1 aliphatic heterocycles. The molecule has 0 atom stereocenters. The lowest BCUT2D eigenvalue weighted by Crippen LogP contribution is -2.32. The zero-order chi connectivity index (χ0) is 25.8. The summed E-state index contributed by atoms with van der Waals surface area (Å²) >= 11 is 4.43. The molecule has 5 nitrogen and oxygen atoms in total. The molecule has 4 aromatic rings. The van der Waals surface area contributed by atoms with E-state index in [1.165, 1.54) is 4.90 Å². The van der Waals surface area contributed by atoms with Gasteiger partial charge in [-0.15, -0.1) is 0 Å². The van der Waals surface area contributed by atoms with E-state index in [-0.39, 0.29) is 24.3 Å². The minimum atomic E-state index is -0.331. The Labute approximate surface area is 228 Å². The van der Waals surface area contributed by atoms with Crippen molar-refractivity contribution in [2.75, 3.05) is 13.2 Å². The maximum Gasteiger partial charge on any atom is 0.293 e. The number of fused-ring (bicyclic) bond motifs is 1. The Bertz CT molecular complexity index is 1510. The van der Waals surface area contributed by atoms with Crippen LogP contribution in [-0.2, 0) is 11.4 Å². The highest BCUT2D eigenvalue weighted by Crippen LogP contribution is 2.35. The zero-order valence-electron chi connectivity index (χ0n) is 20.1. The molecule has 0 N–H and O–H groups in total. The van der Waals surface area contributed by atoms with Gasteiger partial charge < -0.3 is 9.47 Å². The molecule has 1 fully saturated rings. The Kier molecular flexibility index (Phi) is 7.63. The molecule has 1 saturated heterocycles. The van der Waals surface area contributed by atoms with Gasteiger partial charge >= 0.3 is 0 Å². The van der Waals surface area contributed by atoms with Crippen molar-refractivity contribution in [3.63, 3.8) is 0 Å². The second-order valence-corrected chi connectivity index (χ2v) is 10.5. The largest absolute Gasteiger partial charge is 0.492 e. The average molecular weight is 574 g/mol. The summed E-state index contributed by atoms with van der Waals surface area (Å²) in [6, 6.07) is 27.6. The molecule has 1 heterocycles. The fourth-order valence-electron chi connectivity index (χ4n) is 4.13. The Morgan fingerprint density at radius 3 is 2.59 bits per heavy atom. The molecule has 37 heavy (non-hydrogen) atoms. The molecule has 2 amide bonds. The summed E-state index contributed by atoms with van der Waals surface area (Å²) in [6.45, 7) is 2.77. The van der Waals surface area contributed by atoms with E-state index in [1.54, 1.807) is 6.08 Å². The van der Waals surface area contributed by atoms with E-state index >= 15 is 0 Å². The molecule has 0 unspecified atom stereocenters. The van der Waals surface area contributed by atoms with Crippen LogP contribution in [0.5, 0.6) is 11.5 Å². The zero-order valence-corrected chi connectivity index (χ0v) is 22.6. The van der Waals surface area contributed by atoms with E-state index in [0.29, 0.717) is 23.0 Å². The van der Waals surface area contributed by atoms with Crippen molar-refractivity contribution in [1.29, 1.82) is 0 Å². The smallest absolute Gasteiger partial charge is 0.293 e. The monoisotopic (exact) mass is 573 g/mol. The summed E-state index contributed by atoms with van der Waals surface area (Å²) < 4.78 is 12.8. The van der Waals surface area contributed by atoms with Crippen molar-refractivity contribution in [2.24, 2.45) is 0 Å². The summed E-state index contributed by atoms with van der Waals surface area (Å²) in [5, 5.41) is 1.98. The van der Waals surface area contributed by atoms with Gasteiger partial charge in [0.25, 0.3) is 11.1 Å². The maximum absolute atomic E-state index is 13.0. The van der Waals surface area contributed by atoms with Crippen molar-refractivity contribution >= 4 is 55.7 Å². The first-order valence-electron chi connectivity index (χ1n) is 11.8. The minimum Gasteiger partial charge on any atom is -0.492 e. The molecular formula is C30H24BrNO4S. The number of imide groups is 1. The van der Waals surface area contributed by atoms with Crippen molar-refractivity contribution in [2.45, 2.75) is 13.5 Å². The number of amides is 2. The number of hydrogen-bond acceptors (Lipinski definition) is 5. The number of nitrogens with zero attached hydrogens (tertiary/aromatic N) is 1. The first-order chi connectivity index (χ1) is 18.0. The van der Waals surface area contributed by atoms with Crippen LogP contribution in [0.25, 0.3) is 16.8 Å². The fraction of sp³-hybridized carbons (Fsp3) is 0.133. The molecule has 1 aliphatic rings. The number of halogens is 1. The van der Waals surface area contributed by atoms with Crippen LogP contribution in [0, 0.1) is 6.92 Å². The molecule has 186 valence electrons. The third-order valence-electron chi connectivity index (χ3n) is 5.97. The summed E-state index contributed by atoms with van der Waals surface area (Å²) in [5.41, 5.74) is 2.87. The van der Waals surface area contributed by atoms with Gasteiger partial charge in [-0.3, -0.25) is 14.5 Å². The van der Waals surface area contributed by atoms with Crippen molar-refractivity contribution < 1.29 is 19.1 Å². The SMILES string of the molecule is Cc1cccc(OCCN2C(=O)S/C(=C\c3cc(Br)ccc3OCc3cccc4ccccc34)C2=O)c1. The Hall–Kier alpha value is -3.55. The predicted octanol–water partition coefficient (Wildman–Crippen LogP) is 7.61. The lowest BCUT2D eigenvalue weighted by Gasteiger charge is -2.14. The first-order valence-corrected chi connectivity index (χ1v) is 13.4. The van der Waals surface area contributed by atoms with Gasteiger partial charge in [0, 0.05) is 10.0 Å². The van der Waals surface area contributed by atoms with Crippen molar-refractivity contribution in [3.05, 3.63) is 111 Å². The number of aryl methyl sites for hydroxylation is 1. The van der Waals surface area contributed by atoms with Gasteiger partial charge in [0.1, 0.15) is 24.7 Å². The first kappa shape index (κ1) is 25.1. The number of hydrogen-bond donors (Lipinski definition) is 0. The second kappa shape index (κ2) is 11.2. The van der Waals surface area contributed by atoms with Gasteiger partial charge in [-0.05, 0) is 77.0 Å². The number of thioether (sulfide) groups is 1. The van der Waals surface area contributed by atoms with E-state index in [2.05, 4.69) is 34.1 Å². The highest BCUT2D eigenvalue weighted by Gasteiger charge is 2.35. The number of ether oxygens (including phenoxy) is 2. The van der Waals surface area contributed by atoms with E-state index in [1.807, 2.05) is 73.7 Å². The van der Waals surface area contributed by atoms with Crippen LogP contribution in [-0.4, -0.2) is 29.2 Å². The number of benzene rings is 4. The van der Waals surface area contributed by atoms with E-state index < -0.39 is 0 Å². The topological polar surface area (TPSA) is 55.8 Å². The summed E-state index contributed by atoms with van der Waals surface area (Å²) in [5.74, 6) is 1.01. The van der Waals surface area contributed by atoms with Gasteiger partial charge in [-0.1, -0.05) is 70.5 Å². The van der Waals surface area contributed by atoms with Gasteiger partial charge in [0.05, 0.1) is 11.4 Å². The second-order valence-electron chi connectivity index (χ2n) is 8.61. The molecule has 4 aromatic carbocycles. The van der Waals surface area contributed by atoms with E-state index in [4.69, 9.17) is 9.47 Å². The Morgan fingerprint density at radius 2 is 1.73 bits per heavy atom. The highest BCUT2D eigenvalue weighted by atomic mass is 79.9. The standard InChI is InChI=1S/C30H24BrNO4S/c1-20-6-4-10-25(16-20)35-15-14-32-29(33)28(37-30(32)34)18-23-17-24(31)12-13-27(23)36-19-22-9-5-8-21-7-2-3-11-26(21)22/h2-13,16-18H,14-15,19H2,1H3/b28-18-. The van der Waals surface area contributed by atoms with Gasteiger partial charge in [0.15, 0.2) is 0 Å². The van der Waals surface area contributed by atoms with E-state index in [9.17, 15) is 9.59 Å². The lowest BCUT2D eigenvalue weighted by molar-refractivity contribution is -0.123. The molecule has 0 radical (unpaired) electrons. The Morgan fingerprint density at radius 1 is 0.919 bits per heavy atom.